The van der Waals surface area contributed by atoms with Crippen LogP contribution in [-0.4, -0.2) is 35.5 Å². The summed E-state index contributed by atoms with van der Waals surface area (Å²) in [7, 11) is 0. The van der Waals surface area contributed by atoms with E-state index in [0.29, 0.717) is 0 Å². The quantitative estimate of drug-likeness (QED) is 0.515. The molecule has 0 fully saturated rings. The van der Waals surface area contributed by atoms with E-state index in [9.17, 15) is 4.79 Å². The van der Waals surface area contributed by atoms with Crippen LogP contribution in [-0.2, 0) is 9.53 Å². The van der Waals surface area contributed by atoms with E-state index in [1.165, 1.54) is 6.08 Å². The minimum atomic E-state index is -1.07. The summed E-state index contributed by atoms with van der Waals surface area (Å²) in [5.41, 5.74) is 0.0336. The molecule has 0 amide bonds. The molecule has 0 saturated heterocycles. The first-order valence-electron chi connectivity index (χ1n) is 2.91. The summed E-state index contributed by atoms with van der Waals surface area (Å²) in [4.78, 5) is 10.3. The van der Waals surface area contributed by atoms with E-state index in [1.54, 1.807) is 0 Å². The summed E-state index contributed by atoms with van der Waals surface area (Å²) in [5.74, 6) is -1.07. The fraction of sp³-hybridized carbons (Fsp3) is 0.500. The van der Waals surface area contributed by atoms with Crippen LogP contribution in [0.1, 0.15) is 0 Å². The van der Waals surface area contributed by atoms with Gasteiger partial charge in [-0.1, -0.05) is 0 Å². The monoisotopic (exact) mass is 144 g/mol. The number of hydrogen-bond donors (Lipinski definition) is 2. The second-order valence-corrected chi connectivity index (χ2v) is 2.02. The van der Waals surface area contributed by atoms with Gasteiger partial charge in [-0.2, -0.15) is 0 Å². The van der Waals surface area contributed by atoms with Crippen molar-refractivity contribution in [2.45, 2.75) is 6.10 Å². The van der Waals surface area contributed by atoms with Crippen molar-refractivity contribution in [3.8, 4) is 0 Å². The van der Waals surface area contributed by atoms with Crippen molar-refractivity contribution in [1.82, 2.24) is 0 Å². The maximum Gasteiger partial charge on any atom is 0.334 e. The summed E-state index contributed by atoms with van der Waals surface area (Å²) in [5, 5.41) is 17.4. The molecule has 1 aliphatic rings. The van der Waals surface area contributed by atoms with E-state index >= 15 is 0 Å². The van der Waals surface area contributed by atoms with E-state index in [4.69, 9.17) is 14.9 Å². The van der Waals surface area contributed by atoms with Gasteiger partial charge in [0.05, 0.1) is 18.8 Å². The van der Waals surface area contributed by atoms with Crippen LogP contribution in [0.2, 0.25) is 0 Å². The molecular formula is C6H8O4. The van der Waals surface area contributed by atoms with Gasteiger partial charge < -0.3 is 14.9 Å². The van der Waals surface area contributed by atoms with Crippen molar-refractivity contribution in [2.75, 3.05) is 13.2 Å². The number of ether oxygens (including phenoxy) is 1. The topological polar surface area (TPSA) is 66.8 Å². The van der Waals surface area contributed by atoms with Crippen LogP contribution in [0, 0.1) is 0 Å². The molecule has 4 nitrogen and oxygen atoms in total. The lowest BCUT2D eigenvalue weighted by atomic mass is 10.1. The first kappa shape index (κ1) is 7.24. The van der Waals surface area contributed by atoms with E-state index in [1.807, 2.05) is 0 Å². The van der Waals surface area contributed by atoms with E-state index in [2.05, 4.69) is 0 Å². The second-order valence-electron chi connectivity index (χ2n) is 2.02. The number of carboxylic acids is 1. The summed E-state index contributed by atoms with van der Waals surface area (Å²) in [6.07, 6.45) is 0.405. The molecule has 56 valence electrons. The highest BCUT2D eigenvalue weighted by atomic mass is 16.5. The molecule has 1 heterocycles. The second kappa shape index (κ2) is 2.81. The van der Waals surface area contributed by atoms with E-state index in [0.717, 1.165) is 0 Å². The number of carboxylic acid groups (broad SMARTS) is 1. The number of aliphatic carboxylic acids is 1. The lowest BCUT2D eigenvalue weighted by molar-refractivity contribution is -0.134. The summed E-state index contributed by atoms with van der Waals surface area (Å²) in [6.45, 7) is 0.358. The minimum absolute atomic E-state index is 0.0336. The number of carbonyl (C=O) groups is 1. The van der Waals surface area contributed by atoms with Gasteiger partial charge in [-0.15, -0.1) is 0 Å². The fourth-order valence-corrected chi connectivity index (χ4v) is 0.784. The molecule has 0 spiro atoms. The largest absolute Gasteiger partial charge is 0.478 e. The maximum atomic E-state index is 10.3. The maximum absolute atomic E-state index is 10.3. The lowest BCUT2D eigenvalue weighted by Crippen LogP contribution is -2.27. The van der Waals surface area contributed by atoms with E-state index < -0.39 is 12.1 Å². The van der Waals surface area contributed by atoms with Crippen LogP contribution < -0.4 is 0 Å². The first-order chi connectivity index (χ1) is 4.72. The van der Waals surface area contributed by atoms with Crippen molar-refractivity contribution >= 4 is 5.97 Å². The molecule has 1 atom stereocenters. The Kier molecular flexibility index (Phi) is 2.03. The Morgan fingerprint density at radius 3 is 2.90 bits per heavy atom. The Morgan fingerprint density at radius 1 is 1.80 bits per heavy atom. The van der Waals surface area contributed by atoms with Crippen molar-refractivity contribution in [3.05, 3.63) is 11.6 Å². The summed E-state index contributed by atoms with van der Waals surface area (Å²) >= 11 is 0. The zero-order valence-corrected chi connectivity index (χ0v) is 5.28. The zero-order valence-electron chi connectivity index (χ0n) is 5.28. The Balaban J connectivity index is 2.71. The highest BCUT2D eigenvalue weighted by Gasteiger charge is 2.20. The summed E-state index contributed by atoms with van der Waals surface area (Å²) < 4.78 is 4.77. The SMILES string of the molecule is O=C(O)C1=CCOC[C@@H]1O. The highest BCUT2D eigenvalue weighted by molar-refractivity contribution is 5.87. The van der Waals surface area contributed by atoms with Crippen molar-refractivity contribution in [3.63, 3.8) is 0 Å². The third kappa shape index (κ3) is 1.34. The van der Waals surface area contributed by atoms with Gasteiger partial charge in [0, 0.05) is 0 Å². The molecule has 0 aliphatic carbocycles. The van der Waals surface area contributed by atoms with E-state index in [-0.39, 0.29) is 18.8 Å². The molecule has 0 aromatic rings. The van der Waals surface area contributed by atoms with Crippen LogP contribution in [0.3, 0.4) is 0 Å². The predicted molar refractivity (Wildman–Crippen MR) is 32.5 cm³/mol. The average Bonchev–Trinajstić information content (AvgIpc) is 1.88. The van der Waals surface area contributed by atoms with Crippen LogP contribution in [0.25, 0.3) is 0 Å². The molecule has 1 rings (SSSR count). The Morgan fingerprint density at radius 2 is 2.50 bits per heavy atom. The summed E-state index contributed by atoms with van der Waals surface area (Å²) in [6, 6.07) is 0. The average molecular weight is 144 g/mol. The Labute approximate surface area is 57.7 Å². The van der Waals surface area contributed by atoms with Crippen LogP contribution >= 0.6 is 0 Å². The number of aliphatic hydroxyl groups excluding tert-OH is 1. The highest BCUT2D eigenvalue weighted by Crippen LogP contribution is 2.07. The Hall–Kier alpha value is -0.870. The predicted octanol–water partition coefficient (Wildman–Crippen LogP) is -0.611. The van der Waals surface area contributed by atoms with Crippen LogP contribution in [0.4, 0.5) is 0 Å². The molecule has 0 aromatic heterocycles. The van der Waals surface area contributed by atoms with Gasteiger partial charge in [0.2, 0.25) is 0 Å². The number of rotatable bonds is 1. The van der Waals surface area contributed by atoms with Crippen molar-refractivity contribution in [2.24, 2.45) is 0 Å². The van der Waals surface area contributed by atoms with Gasteiger partial charge in [-0.3, -0.25) is 0 Å². The third-order valence-corrected chi connectivity index (χ3v) is 1.30. The molecule has 0 radical (unpaired) electrons. The van der Waals surface area contributed by atoms with Gasteiger partial charge in [-0.05, 0) is 6.08 Å². The van der Waals surface area contributed by atoms with Gasteiger partial charge in [0.1, 0.15) is 6.10 Å². The molecule has 0 aromatic carbocycles. The van der Waals surface area contributed by atoms with Gasteiger partial charge in [-0.25, -0.2) is 4.79 Å². The molecule has 0 bridgehead atoms. The fourth-order valence-electron chi connectivity index (χ4n) is 0.784. The molecule has 10 heavy (non-hydrogen) atoms. The molecule has 1 aliphatic heterocycles. The zero-order chi connectivity index (χ0) is 7.56. The lowest BCUT2D eigenvalue weighted by Gasteiger charge is -2.15. The molecule has 0 unspecified atom stereocenters. The molecule has 0 saturated carbocycles. The van der Waals surface area contributed by atoms with Gasteiger partial charge in [0.25, 0.3) is 0 Å². The molecule has 4 heteroatoms. The molecular weight excluding hydrogens is 136 g/mol. The third-order valence-electron chi connectivity index (χ3n) is 1.30. The van der Waals surface area contributed by atoms with Crippen molar-refractivity contribution in [1.29, 1.82) is 0 Å². The first-order valence-corrected chi connectivity index (χ1v) is 2.91. The Bertz CT molecular complexity index is 173. The number of hydrogen-bond acceptors (Lipinski definition) is 3. The smallest absolute Gasteiger partial charge is 0.334 e. The number of aliphatic hydroxyl groups is 1. The normalized spacial score (nSPS) is 25.7. The standard InChI is InChI=1S/C6H8O4/c7-5-3-10-2-1-4(5)6(8)9/h1,5,7H,2-3H2,(H,8,9)/t5-/m0/s1. The molecule has 2 N–H and O–H groups in total. The van der Waals surface area contributed by atoms with Crippen molar-refractivity contribution < 1.29 is 19.7 Å². The van der Waals surface area contributed by atoms with Crippen LogP contribution in [0.15, 0.2) is 11.6 Å². The minimum Gasteiger partial charge on any atom is -0.478 e. The van der Waals surface area contributed by atoms with Gasteiger partial charge in [0.15, 0.2) is 0 Å². The van der Waals surface area contributed by atoms with Gasteiger partial charge >= 0.3 is 5.97 Å². The van der Waals surface area contributed by atoms with Crippen LogP contribution in [0.5, 0.6) is 0 Å².